The highest BCUT2D eigenvalue weighted by Gasteiger charge is 2.04. The fourth-order valence-corrected chi connectivity index (χ4v) is 1.75. The van der Waals surface area contributed by atoms with Gasteiger partial charge in [0.15, 0.2) is 0 Å². The van der Waals surface area contributed by atoms with E-state index in [1.165, 1.54) is 5.52 Å². The van der Waals surface area contributed by atoms with Gasteiger partial charge >= 0.3 is 0 Å². The van der Waals surface area contributed by atoms with Crippen molar-refractivity contribution in [1.82, 2.24) is 9.55 Å². The molecule has 0 amide bonds. The second-order valence-corrected chi connectivity index (χ2v) is 3.63. The highest BCUT2D eigenvalue weighted by Crippen LogP contribution is 2.18. The third kappa shape index (κ3) is 1.33. The van der Waals surface area contributed by atoms with E-state index in [1.807, 2.05) is 19.2 Å². The number of nitrogens with zero attached hydrogens (tertiary/aromatic N) is 2. The summed E-state index contributed by atoms with van der Waals surface area (Å²) in [6, 6.07) is 6.05. The molecular formula is C10H12N2S. The quantitative estimate of drug-likeness (QED) is 0.687. The minimum Gasteiger partial charge on any atom is -0.331 e. The molecule has 0 aliphatic heterocycles. The van der Waals surface area contributed by atoms with E-state index in [4.69, 9.17) is 0 Å². The van der Waals surface area contributed by atoms with E-state index in [9.17, 15) is 0 Å². The van der Waals surface area contributed by atoms with Crippen molar-refractivity contribution in [2.75, 3.05) is 0 Å². The Balaban J connectivity index is 2.76. The second kappa shape index (κ2) is 3.07. The number of hydrogen-bond donors (Lipinski definition) is 1. The van der Waals surface area contributed by atoms with Gasteiger partial charge in [-0.1, -0.05) is 6.92 Å². The van der Waals surface area contributed by atoms with Crippen molar-refractivity contribution < 1.29 is 0 Å². The molecule has 2 rings (SSSR count). The van der Waals surface area contributed by atoms with Gasteiger partial charge in [-0.25, -0.2) is 4.98 Å². The highest BCUT2D eigenvalue weighted by molar-refractivity contribution is 7.80. The molecule has 2 nitrogen and oxygen atoms in total. The highest BCUT2D eigenvalue weighted by atomic mass is 32.1. The van der Waals surface area contributed by atoms with E-state index in [1.54, 1.807) is 0 Å². The van der Waals surface area contributed by atoms with Crippen LogP contribution in [0.25, 0.3) is 11.0 Å². The van der Waals surface area contributed by atoms with Gasteiger partial charge in [-0.3, -0.25) is 0 Å². The first-order valence-electron chi connectivity index (χ1n) is 4.36. The molecule has 0 radical (unpaired) electrons. The van der Waals surface area contributed by atoms with Gasteiger partial charge in [-0.05, 0) is 18.2 Å². The summed E-state index contributed by atoms with van der Waals surface area (Å²) < 4.78 is 2.13. The molecule has 13 heavy (non-hydrogen) atoms. The van der Waals surface area contributed by atoms with Crippen LogP contribution in [0.3, 0.4) is 0 Å². The largest absolute Gasteiger partial charge is 0.331 e. The first-order valence-corrected chi connectivity index (χ1v) is 4.81. The van der Waals surface area contributed by atoms with E-state index < -0.39 is 0 Å². The molecule has 0 aliphatic carbocycles. The molecule has 1 aromatic carbocycles. The molecule has 0 atom stereocenters. The number of fused-ring (bicyclic) bond motifs is 1. The maximum Gasteiger partial charge on any atom is 0.109 e. The molecule has 1 heterocycles. The summed E-state index contributed by atoms with van der Waals surface area (Å²) in [4.78, 5) is 5.47. The van der Waals surface area contributed by atoms with Crippen LogP contribution < -0.4 is 0 Å². The van der Waals surface area contributed by atoms with Crippen LogP contribution in [0.5, 0.6) is 0 Å². The molecular weight excluding hydrogens is 180 g/mol. The van der Waals surface area contributed by atoms with Gasteiger partial charge in [-0.15, -0.1) is 12.6 Å². The van der Waals surface area contributed by atoms with Crippen LogP contribution in [0.1, 0.15) is 12.7 Å². The van der Waals surface area contributed by atoms with Gasteiger partial charge < -0.3 is 4.57 Å². The molecule has 68 valence electrons. The van der Waals surface area contributed by atoms with E-state index in [-0.39, 0.29) is 0 Å². The predicted octanol–water partition coefficient (Wildman–Crippen LogP) is 2.42. The lowest BCUT2D eigenvalue weighted by Crippen LogP contribution is -1.94. The molecule has 3 heteroatoms. The molecule has 0 spiro atoms. The van der Waals surface area contributed by atoms with E-state index in [2.05, 4.69) is 35.2 Å². The number of thiol groups is 1. The molecule has 2 aromatic rings. The van der Waals surface area contributed by atoms with Crippen molar-refractivity contribution in [2.45, 2.75) is 18.2 Å². The third-order valence-electron chi connectivity index (χ3n) is 2.27. The SMILES string of the molecule is CCc1nc2cc(S)ccc2n1C. The van der Waals surface area contributed by atoms with Gasteiger partial charge in [0, 0.05) is 18.4 Å². The lowest BCUT2D eigenvalue weighted by Gasteiger charge is -1.97. The lowest BCUT2D eigenvalue weighted by atomic mass is 10.3. The summed E-state index contributed by atoms with van der Waals surface area (Å²) in [5.74, 6) is 1.12. The van der Waals surface area contributed by atoms with Crippen LogP contribution in [-0.4, -0.2) is 9.55 Å². The van der Waals surface area contributed by atoms with E-state index in [0.29, 0.717) is 0 Å². The predicted molar refractivity (Wildman–Crippen MR) is 57.3 cm³/mol. The van der Waals surface area contributed by atoms with Crippen LogP contribution in [0.15, 0.2) is 23.1 Å². The van der Waals surface area contributed by atoms with Crippen LogP contribution in [0.4, 0.5) is 0 Å². The zero-order valence-corrected chi connectivity index (χ0v) is 8.68. The molecule has 0 fully saturated rings. The first kappa shape index (κ1) is 8.63. The number of imidazole rings is 1. The zero-order chi connectivity index (χ0) is 9.42. The Morgan fingerprint density at radius 3 is 2.92 bits per heavy atom. The molecule has 0 N–H and O–H groups in total. The van der Waals surface area contributed by atoms with Crippen molar-refractivity contribution in [1.29, 1.82) is 0 Å². The smallest absolute Gasteiger partial charge is 0.109 e. The molecule has 0 aliphatic rings. The average Bonchev–Trinajstić information content (AvgIpc) is 2.42. The Morgan fingerprint density at radius 2 is 2.23 bits per heavy atom. The number of rotatable bonds is 1. The average molecular weight is 192 g/mol. The van der Waals surface area contributed by atoms with Gasteiger partial charge in [0.2, 0.25) is 0 Å². The summed E-state index contributed by atoms with van der Waals surface area (Å²) in [7, 11) is 2.05. The minimum atomic E-state index is 0.965. The number of benzene rings is 1. The maximum atomic E-state index is 4.51. The van der Waals surface area contributed by atoms with Crippen LogP contribution in [0.2, 0.25) is 0 Å². The monoisotopic (exact) mass is 192 g/mol. The molecule has 0 saturated heterocycles. The second-order valence-electron chi connectivity index (χ2n) is 3.11. The summed E-state index contributed by atoms with van der Waals surface area (Å²) in [6.07, 6.45) is 0.965. The van der Waals surface area contributed by atoms with Gasteiger partial charge in [-0.2, -0.15) is 0 Å². The number of aryl methyl sites for hydroxylation is 2. The zero-order valence-electron chi connectivity index (χ0n) is 7.78. The van der Waals surface area contributed by atoms with Crippen LogP contribution in [0, 0.1) is 0 Å². The Morgan fingerprint density at radius 1 is 1.46 bits per heavy atom. The fourth-order valence-electron chi connectivity index (χ4n) is 1.55. The summed E-state index contributed by atoms with van der Waals surface area (Å²) in [6.45, 7) is 2.11. The molecule has 0 bridgehead atoms. The number of hydrogen-bond acceptors (Lipinski definition) is 2. The fraction of sp³-hybridized carbons (Fsp3) is 0.300. The van der Waals surface area contributed by atoms with Gasteiger partial charge in [0.25, 0.3) is 0 Å². The molecule has 0 saturated carbocycles. The normalized spacial score (nSPS) is 11.0. The number of aromatic nitrogens is 2. The van der Waals surface area contributed by atoms with Crippen molar-refractivity contribution in [3.05, 3.63) is 24.0 Å². The summed E-state index contributed by atoms with van der Waals surface area (Å²) in [5.41, 5.74) is 2.21. The van der Waals surface area contributed by atoms with Crippen molar-refractivity contribution >= 4 is 23.7 Å². The Labute approximate surface area is 83.0 Å². The Bertz CT molecular complexity index is 445. The topological polar surface area (TPSA) is 17.8 Å². The Hall–Kier alpha value is -0.960. The lowest BCUT2D eigenvalue weighted by molar-refractivity contribution is 0.829. The van der Waals surface area contributed by atoms with Gasteiger partial charge in [0.1, 0.15) is 5.82 Å². The summed E-state index contributed by atoms with van der Waals surface area (Å²) >= 11 is 4.28. The Kier molecular flexibility index (Phi) is 2.04. The third-order valence-corrected chi connectivity index (χ3v) is 2.55. The van der Waals surface area contributed by atoms with Crippen LogP contribution in [-0.2, 0) is 13.5 Å². The standard InChI is InChI=1S/C10H12N2S/c1-3-10-11-8-6-7(13)4-5-9(8)12(10)2/h4-6,13H,3H2,1-2H3. The van der Waals surface area contributed by atoms with Gasteiger partial charge in [0.05, 0.1) is 11.0 Å². The maximum absolute atomic E-state index is 4.51. The van der Waals surface area contributed by atoms with E-state index in [0.717, 1.165) is 22.7 Å². The van der Waals surface area contributed by atoms with Crippen molar-refractivity contribution in [3.8, 4) is 0 Å². The summed E-state index contributed by atoms with van der Waals surface area (Å²) in [5, 5.41) is 0. The van der Waals surface area contributed by atoms with Crippen LogP contribution >= 0.6 is 12.6 Å². The van der Waals surface area contributed by atoms with E-state index >= 15 is 0 Å². The minimum absolute atomic E-state index is 0.965. The van der Waals surface area contributed by atoms with Crippen molar-refractivity contribution in [3.63, 3.8) is 0 Å². The van der Waals surface area contributed by atoms with Crippen molar-refractivity contribution in [2.24, 2.45) is 7.05 Å². The molecule has 0 unspecified atom stereocenters. The molecule has 1 aromatic heterocycles. The first-order chi connectivity index (χ1) is 6.22.